The van der Waals surface area contributed by atoms with Gasteiger partial charge in [-0.1, -0.05) is 46.3 Å². The number of alkyl halides is 1. The molecule has 0 atom stereocenters. The number of nitrogen functional groups attached to an aromatic ring is 1. The Morgan fingerprint density at radius 2 is 1.65 bits per heavy atom. The molecular weight excluding hydrogens is 316 g/mol. The van der Waals surface area contributed by atoms with Crippen molar-refractivity contribution in [3.63, 3.8) is 0 Å². The molecule has 2 nitrogen and oxygen atoms in total. The standard InChI is InChI=1S/C7H8N2.C4H8S.CH3Br.H2S/c8-7(9)6-4-2-1-3-5-6;1-2-4-5-3-1;1-2;/h1-5H,(H3,8,9);1-4H2;1H3;1H2. The molecule has 3 N–H and O–H groups in total. The molecule has 1 aromatic carbocycles. The van der Waals surface area contributed by atoms with E-state index in [4.69, 9.17) is 11.1 Å². The van der Waals surface area contributed by atoms with Gasteiger partial charge < -0.3 is 5.73 Å². The summed E-state index contributed by atoms with van der Waals surface area (Å²) >= 11 is 5.01. The van der Waals surface area contributed by atoms with Crippen molar-refractivity contribution in [3.8, 4) is 0 Å². The third-order valence-electron chi connectivity index (χ3n) is 1.91. The van der Waals surface area contributed by atoms with Crippen LogP contribution in [0.15, 0.2) is 30.3 Å². The quantitative estimate of drug-likeness (QED) is 0.467. The molecule has 0 radical (unpaired) electrons. The van der Waals surface area contributed by atoms with Crippen molar-refractivity contribution in [1.29, 1.82) is 5.41 Å². The summed E-state index contributed by atoms with van der Waals surface area (Å²) in [6.07, 6.45) is 2.93. The van der Waals surface area contributed by atoms with Gasteiger partial charge in [-0.05, 0) is 30.2 Å². The Balaban J connectivity index is 0. The van der Waals surface area contributed by atoms with Crippen LogP contribution in [0, 0.1) is 5.41 Å². The highest BCUT2D eigenvalue weighted by Gasteiger charge is 1.95. The summed E-state index contributed by atoms with van der Waals surface area (Å²) in [5.74, 6) is 4.77. The Morgan fingerprint density at radius 1 is 1.18 bits per heavy atom. The fourth-order valence-corrected chi connectivity index (χ4v) is 2.15. The van der Waals surface area contributed by atoms with Crippen molar-refractivity contribution in [2.24, 2.45) is 5.73 Å². The number of hydrogen-bond donors (Lipinski definition) is 2. The Bertz CT molecular complexity index is 269. The molecule has 17 heavy (non-hydrogen) atoms. The Labute approximate surface area is 124 Å². The normalized spacial score (nSPS) is 12.1. The molecule has 2 rings (SSSR count). The second kappa shape index (κ2) is 13.9. The number of nitrogens with one attached hydrogen (secondary N) is 1. The average molecular weight is 337 g/mol. The molecule has 0 spiro atoms. The number of halogens is 1. The zero-order chi connectivity index (χ0) is 12.2. The lowest BCUT2D eigenvalue weighted by Crippen LogP contribution is -2.10. The molecule has 0 unspecified atom stereocenters. The van der Waals surface area contributed by atoms with E-state index in [1.807, 2.05) is 36.2 Å². The highest BCUT2D eigenvalue weighted by molar-refractivity contribution is 9.08. The van der Waals surface area contributed by atoms with E-state index in [9.17, 15) is 0 Å². The lowest BCUT2D eigenvalue weighted by Gasteiger charge is -1.93. The minimum Gasteiger partial charge on any atom is -0.384 e. The van der Waals surface area contributed by atoms with Gasteiger partial charge in [0.25, 0.3) is 0 Å². The second-order valence-electron chi connectivity index (χ2n) is 3.10. The van der Waals surface area contributed by atoms with E-state index in [2.05, 4.69) is 27.7 Å². The van der Waals surface area contributed by atoms with Crippen molar-refractivity contribution in [1.82, 2.24) is 0 Å². The van der Waals surface area contributed by atoms with Crippen LogP contribution in [0.1, 0.15) is 18.4 Å². The maximum absolute atomic E-state index is 7.01. The first-order valence-electron chi connectivity index (χ1n) is 5.15. The molecule has 1 saturated heterocycles. The van der Waals surface area contributed by atoms with E-state index in [1.54, 1.807) is 0 Å². The SMILES string of the molecule is C1CCSC1.CBr.N=C(N)c1ccccc1.S. The van der Waals surface area contributed by atoms with Crippen LogP contribution in [0.2, 0.25) is 0 Å². The molecule has 1 fully saturated rings. The largest absolute Gasteiger partial charge is 0.384 e. The van der Waals surface area contributed by atoms with Crippen LogP contribution in [0.3, 0.4) is 0 Å². The van der Waals surface area contributed by atoms with Gasteiger partial charge in [0, 0.05) is 5.56 Å². The van der Waals surface area contributed by atoms with E-state index in [0.29, 0.717) is 0 Å². The lowest BCUT2D eigenvalue weighted by molar-refractivity contribution is 0.949. The maximum atomic E-state index is 7.01. The molecule has 0 aliphatic carbocycles. The number of amidine groups is 1. The fourth-order valence-electron chi connectivity index (χ4n) is 1.13. The third-order valence-corrected chi connectivity index (χ3v) is 3.07. The molecule has 0 saturated carbocycles. The van der Waals surface area contributed by atoms with Crippen LogP contribution in [0.4, 0.5) is 0 Å². The van der Waals surface area contributed by atoms with E-state index >= 15 is 0 Å². The highest BCUT2D eigenvalue weighted by atomic mass is 79.9. The second-order valence-corrected chi connectivity index (χ2v) is 4.32. The van der Waals surface area contributed by atoms with Crippen molar-refractivity contribution < 1.29 is 0 Å². The predicted octanol–water partition coefficient (Wildman–Crippen LogP) is 3.61. The van der Waals surface area contributed by atoms with Gasteiger partial charge in [0.05, 0.1) is 0 Å². The first-order chi connectivity index (χ1) is 7.80. The van der Waals surface area contributed by atoms with Gasteiger partial charge in [-0.3, -0.25) is 5.41 Å². The zero-order valence-corrected chi connectivity index (χ0v) is 13.5. The zero-order valence-electron chi connectivity index (χ0n) is 10.1. The van der Waals surface area contributed by atoms with E-state index in [1.165, 1.54) is 24.3 Å². The monoisotopic (exact) mass is 336 g/mol. The van der Waals surface area contributed by atoms with Crippen molar-refractivity contribution in [3.05, 3.63) is 35.9 Å². The van der Waals surface area contributed by atoms with Gasteiger partial charge >= 0.3 is 0 Å². The first kappa shape index (κ1) is 19.2. The molecule has 1 heterocycles. The molecule has 1 aliphatic rings. The van der Waals surface area contributed by atoms with Crippen molar-refractivity contribution in [2.45, 2.75) is 12.8 Å². The van der Waals surface area contributed by atoms with Gasteiger partial charge in [-0.15, -0.1) is 0 Å². The Kier molecular flexibility index (Phi) is 15.7. The summed E-state index contributed by atoms with van der Waals surface area (Å²) in [6, 6.07) is 9.23. The molecule has 5 heteroatoms. The van der Waals surface area contributed by atoms with Crippen molar-refractivity contribution in [2.75, 3.05) is 17.3 Å². The van der Waals surface area contributed by atoms with Crippen molar-refractivity contribution >= 4 is 47.0 Å². The molecule has 1 aliphatic heterocycles. The molecule has 0 amide bonds. The minimum absolute atomic E-state index is 0. The number of rotatable bonds is 1. The number of benzene rings is 1. The van der Waals surface area contributed by atoms with Crippen LogP contribution in [-0.2, 0) is 0 Å². The smallest absolute Gasteiger partial charge is 0.122 e. The van der Waals surface area contributed by atoms with E-state index in [0.717, 1.165) is 5.56 Å². The van der Waals surface area contributed by atoms with Crippen LogP contribution in [-0.4, -0.2) is 23.2 Å². The fraction of sp³-hybridized carbons (Fsp3) is 0.417. The predicted molar refractivity (Wildman–Crippen MR) is 89.2 cm³/mol. The summed E-state index contributed by atoms with van der Waals surface area (Å²) in [6.45, 7) is 0. The molecule has 98 valence electrons. The number of thioether (sulfide) groups is 1. The third kappa shape index (κ3) is 10.7. The maximum Gasteiger partial charge on any atom is 0.122 e. The summed E-state index contributed by atoms with van der Waals surface area (Å²) < 4.78 is 0. The molecule has 0 aromatic heterocycles. The Hall–Kier alpha value is -0.130. The van der Waals surface area contributed by atoms with E-state index < -0.39 is 0 Å². The van der Waals surface area contributed by atoms with Gasteiger partial charge in [0.2, 0.25) is 0 Å². The molecule has 1 aromatic rings. The Morgan fingerprint density at radius 3 is 1.88 bits per heavy atom. The molecule has 0 bridgehead atoms. The number of nitrogens with two attached hydrogens (primary N) is 1. The van der Waals surface area contributed by atoms with E-state index in [-0.39, 0.29) is 19.3 Å². The van der Waals surface area contributed by atoms with Crippen LogP contribution in [0.5, 0.6) is 0 Å². The van der Waals surface area contributed by atoms with Gasteiger partial charge in [0.1, 0.15) is 5.84 Å². The minimum atomic E-state index is 0. The van der Waals surface area contributed by atoms with Crippen LogP contribution in [0.25, 0.3) is 0 Å². The molecular formula is C12H21BrN2S2. The van der Waals surface area contributed by atoms with Crippen LogP contribution < -0.4 is 5.73 Å². The number of hydrogen-bond acceptors (Lipinski definition) is 2. The van der Waals surface area contributed by atoms with Gasteiger partial charge in [-0.2, -0.15) is 25.3 Å². The summed E-state index contributed by atoms with van der Waals surface area (Å²) in [4.78, 5) is 0. The highest BCUT2D eigenvalue weighted by Crippen LogP contribution is 2.14. The summed E-state index contributed by atoms with van der Waals surface area (Å²) in [5.41, 5.74) is 5.97. The summed E-state index contributed by atoms with van der Waals surface area (Å²) in [5, 5.41) is 7.01. The lowest BCUT2D eigenvalue weighted by atomic mass is 10.2. The topological polar surface area (TPSA) is 49.9 Å². The van der Waals surface area contributed by atoms with Crippen LogP contribution >= 0.6 is 41.2 Å². The summed E-state index contributed by atoms with van der Waals surface area (Å²) in [7, 11) is 0. The average Bonchev–Trinajstić information content (AvgIpc) is 2.91. The van der Waals surface area contributed by atoms with Gasteiger partial charge in [0.15, 0.2) is 0 Å². The first-order valence-corrected chi connectivity index (χ1v) is 7.90. The van der Waals surface area contributed by atoms with Gasteiger partial charge in [-0.25, -0.2) is 0 Å².